The number of aromatic carboxylic acids is 1. The molecule has 0 saturated heterocycles. The molecular formula is C19H16BrNO2. The van der Waals surface area contributed by atoms with Gasteiger partial charge in [0.2, 0.25) is 0 Å². The van der Waals surface area contributed by atoms with Crippen molar-refractivity contribution in [3.05, 3.63) is 75.8 Å². The molecule has 3 atom stereocenters. The zero-order valence-electron chi connectivity index (χ0n) is 12.4. The number of halogens is 1. The summed E-state index contributed by atoms with van der Waals surface area (Å²) < 4.78 is 1.04. The summed E-state index contributed by atoms with van der Waals surface area (Å²) in [6, 6.07) is 13.9. The summed E-state index contributed by atoms with van der Waals surface area (Å²) in [5.41, 5.74) is 3.39. The molecule has 2 aliphatic rings. The molecule has 2 aromatic rings. The van der Waals surface area contributed by atoms with Gasteiger partial charge in [-0.3, -0.25) is 0 Å². The van der Waals surface area contributed by atoms with Gasteiger partial charge < -0.3 is 10.4 Å². The predicted octanol–water partition coefficient (Wildman–Crippen LogP) is 4.97. The van der Waals surface area contributed by atoms with Crippen LogP contribution in [0.4, 0.5) is 5.69 Å². The molecule has 0 amide bonds. The Morgan fingerprint density at radius 2 is 2.04 bits per heavy atom. The highest BCUT2D eigenvalue weighted by Crippen LogP contribution is 2.50. The smallest absolute Gasteiger partial charge is 0.337 e. The molecule has 4 heteroatoms. The lowest BCUT2D eigenvalue weighted by molar-refractivity contribution is 0.0697. The van der Waals surface area contributed by atoms with Crippen molar-refractivity contribution in [2.24, 2.45) is 5.92 Å². The number of anilines is 1. The van der Waals surface area contributed by atoms with E-state index >= 15 is 0 Å². The molecule has 3 nitrogen and oxygen atoms in total. The molecule has 0 spiro atoms. The second-order valence-electron chi connectivity index (χ2n) is 6.11. The van der Waals surface area contributed by atoms with Gasteiger partial charge in [-0.15, -0.1) is 0 Å². The van der Waals surface area contributed by atoms with E-state index in [1.165, 1.54) is 5.56 Å². The Morgan fingerprint density at radius 1 is 1.22 bits per heavy atom. The van der Waals surface area contributed by atoms with Gasteiger partial charge in [-0.1, -0.05) is 52.3 Å². The first-order valence-electron chi connectivity index (χ1n) is 7.70. The van der Waals surface area contributed by atoms with E-state index in [0.717, 1.165) is 22.1 Å². The molecular weight excluding hydrogens is 354 g/mol. The minimum absolute atomic E-state index is 0.112. The van der Waals surface area contributed by atoms with Crippen LogP contribution in [0, 0.1) is 5.92 Å². The lowest BCUT2D eigenvalue weighted by atomic mass is 9.76. The molecule has 0 bridgehead atoms. The fourth-order valence-electron chi connectivity index (χ4n) is 3.83. The number of nitrogens with one attached hydrogen (secondary N) is 1. The zero-order valence-corrected chi connectivity index (χ0v) is 14.0. The molecule has 1 aliphatic carbocycles. The predicted molar refractivity (Wildman–Crippen MR) is 93.9 cm³/mol. The van der Waals surface area contributed by atoms with Gasteiger partial charge in [0.15, 0.2) is 0 Å². The molecule has 23 heavy (non-hydrogen) atoms. The summed E-state index contributed by atoms with van der Waals surface area (Å²) in [5.74, 6) is -0.196. The van der Waals surface area contributed by atoms with Crippen molar-refractivity contribution in [1.82, 2.24) is 0 Å². The summed E-state index contributed by atoms with van der Waals surface area (Å²) in [7, 11) is 0. The molecule has 1 heterocycles. The minimum atomic E-state index is -0.886. The van der Waals surface area contributed by atoms with Crippen LogP contribution >= 0.6 is 15.9 Å². The van der Waals surface area contributed by atoms with Gasteiger partial charge in [0, 0.05) is 10.4 Å². The Balaban J connectivity index is 1.85. The van der Waals surface area contributed by atoms with E-state index in [9.17, 15) is 9.90 Å². The minimum Gasteiger partial charge on any atom is -0.478 e. The third-order valence-electron chi connectivity index (χ3n) is 4.83. The Hall–Kier alpha value is -2.07. The normalized spacial score (nSPS) is 24.7. The van der Waals surface area contributed by atoms with Crippen molar-refractivity contribution in [3.63, 3.8) is 0 Å². The first-order chi connectivity index (χ1) is 11.1. The number of allylic oxidation sites excluding steroid dienone is 2. The highest BCUT2D eigenvalue weighted by Gasteiger charge is 2.39. The van der Waals surface area contributed by atoms with Crippen LogP contribution in [0.2, 0.25) is 0 Å². The Labute approximate surface area is 143 Å². The van der Waals surface area contributed by atoms with E-state index in [0.29, 0.717) is 11.5 Å². The Morgan fingerprint density at radius 3 is 2.83 bits per heavy atom. The SMILES string of the molecule is O=C(O)c1cccc2c1N[C@@H](c1cccc(Br)c1)[C@@H]1CC=C[C@H]21. The number of fused-ring (bicyclic) bond motifs is 3. The van der Waals surface area contributed by atoms with Gasteiger partial charge in [-0.25, -0.2) is 4.79 Å². The van der Waals surface area contributed by atoms with Crippen LogP contribution in [0.3, 0.4) is 0 Å². The van der Waals surface area contributed by atoms with Crippen molar-refractivity contribution in [2.75, 3.05) is 5.32 Å². The largest absolute Gasteiger partial charge is 0.478 e. The lowest BCUT2D eigenvalue weighted by Crippen LogP contribution is -2.30. The van der Waals surface area contributed by atoms with Crippen molar-refractivity contribution < 1.29 is 9.90 Å². The summed E-state index contributed by atoms with van der Waals surface area (Å²) in [6.45, 7) is 0. The fourth-order valence-corrected chi connectivity index (χ4v) is 4.25. The number of carboxylic acids is 1. The van der Waals surface area contributed by atoms with Gasteiger partial charge in [0.1, 0.15) is 0 Å². The van der Waals surface area contributed by atoms with Crippen molar-refractivity contribution in [2.45, 2.75) is 18.4 Å². The van der Waals surface area contributed by atoms with Crippen LogP contribution in [0.25, 0.3) is 0 Å². The number of carboxylic acid groups (broad SMARTS) is 1. The fraction of sp³-hybridized carbons (Fsp3) is 0.211. The number of para-hydroxylation sites is 1. The average Bonchev–Trinajstić information content (AvgIpc) is 3.03. The Bertz CT molecular complexity index is 815. The van der Waals surface area contributed by atoms with E-state index in [2.05, 4.69) is 45.5 Å². The van der Waals surface area contributed by atoms with Crippen LogP contribution in [-0.2, 0) is 0 Å². The number of carbonyl (C=O) groups is 1. The van der Waals surface area contributed by atoms with Crippen molar-refractivity contribution in [1.29, 1.82) is 0 Å². The van der Waals surface area contributed by atoms with Crippen LogP contribution in [0.5, 0.6) is 0 Å². The molecule has 0 saturated carbocycles. The van der Waals surface area contributed by atoms with E-state index in [1.54, 1.807) is 6.07 Å². The standard InChI is InChI=1S/C19H16BrNO2/c20-12-5-1-4-11(10-12)17-14-7-2-6-13(14)15-8-3-9-16(19(22)23)18(15)21-17/h1-6,8-10,13-14,17,21H,7H2,(H,22,23)/t13-,14+,17-/m0/s1. The molecule has 2 N–H and O–H groups in total. The van der Waals surface area contributed by atoms with Gasteiger partial charge in [-0.2, -0.15) is 0 Å². The second-order valence-corrected chi connectivity index (χ2v) is 7.02. The number of hydrogen-bond acceptors (Lipinski definition) is 2. The van der Waals surface area contributed by atoms with Crippen LogP contribution in [0.15, 0.2) is 59.1 Å². The molecule has 116 valence electrons. The zero-order chi connectivity index (χ0) is 16.0. The summed E-state index contributed by atoms with van der Waals surface area (Å²) in [6.07, 6.45) is 5.44. The molecule has 4 rings (SSSR count). The summed E-state index contributed by atoms with van der Waals surface area (Å²) >= 11 is 3.53. The van der Waals surface area contributed by atoms with E-state index in [1.807, 2.05) is 24.3 Å². The number of benzene rings is 2. The van der Waals surface area contributed by atoms with Crippen LogP contribution in [0.1, 0.15) is 39.9 Å². The molecule has 0 radical (unpaired) electrons. The molecule has 0 unspecified atom stereocenters. The Kier molecular flexibility index (Phi) is 3.49. The maximum absolute atomic E-state index is 11.6. The summed E-state index contributed by atoms with van der Waals surface area (Å²) in [4.78, 5) is 11.6. The average molecular weight is 370 g/mol. The molecule has 2 aromatic carbocycles. The third-order valence-corrected chi connectivity index (χ3v) is 5.33. The summed E-state index contributed by atoms with van der Waals surface area (Å²) in [5, 5.41) is 13.0. The molecule has 0 aromatic heterocycles. The maximum Gasteiger partial charge on any atom is 0.337 e. The lowest BCUT2D eigenvalue weighted by Gasteiger charge is -2.38. The quantitative estimate of drug-likeness (QED) is 0.734. The first-order valence-corrected chi connectivity index (χ1v) is 8.49. The van der Waals surface area contributed by atoms with Gasteiger partial charge in [-0.05, 0) is 41.7 Å². The van der Waals surface area contributed by atoms with E-state index in [4.69, 9.17) is 0 Å². The van der Waals surface area contributed by atoms with Crippen molar-refractivity contribution >= 4 is 27.6 Å². The molecule has 0 fully saturated rings. The maximum atomic E-state index is 11.6. The monoisotopic (exact) mass is 369 g/mol. The van der Waals surface area contributed by atoms with E-state index < -0.39 is 5.97 Å². The van der Waals surface area contributed by atoms with Crippen LogP contribution in [-0.4, -0.2) is 11.1 Å². The number of rotatable bonds is 2. The molecule has 1 aliphatic heterocycles. The third kappa shape index (κ3) is 2.38. The van der Waals surface area contributed by atoms with E-state index in [-0.39, 0.29) is 12.0 Å². The van der Waals surface area contributed by atoms with Gasteiger partial charge in [0.25, 0.3) is 0 Å². The highest BCUT2D eigenvalue weighted by molar-refractivity contribution is 9.10. The van der Waals surface area contributed by atoms with Gasteiger partial charge in [0.05, 0.1) is 17.3 Å². The topological polar surface area (TPSA) is 49.3 Å². The second kappa shape index (κ2) is 5.53. The van der Waals surface area contributed by atoms with Crippen LogP contribution < -0.4 is 5.32 Å². The first kappa shape index (κ1) is 14.5. The van der Waals surface area contributed by atoms with Gasteiger partial charge >= 0.3 is 5.97 Å². The highest BCUT2D eigenvalue weighted by atomic mass is 79.9. The number of hydrogen-bond donors (Lipinski definition) is 2. The van der Waals surface area contributed by atoms with Crippen molar-refractivity contribution in [3.8, 4) is 0 Å².